The maximum Gasteiger partial charge on any atom is 1.00 e. The molecule has 0 aromatic rings. The van der Waals surface area contributed by atoms with Crippen molar-refractivity contribution in [2.45, 2.75) is 12.5 Å². The summed E-state index contributed by atoms with van der Waals surface area (Å²) in [6.07, 6.45) is -3.56. The van der Waals surface area contributed by atoms with Crippen molar-refractivity contribution in [3.8, 4) is 0 Å². The maximum atomic E-state index is 10.1. The first-order valence-corrected chi connectivity index (χ1v) is 3.16. The van der Waals surface area contributed by atoms with Crippen LogP contribution < -0.4 is 190 Å². The van der Waals surface area contributed by atoms with Gasteiger partial charge in [0.2, 0.25) is 0 Å². The second-order valence-electron chi connectivity index (χ2n) is 2.27. The zero-order valence-electron chi connectivity index (χ0n) is 9.26. The van der Waals surface area contributed by atoms with Crippen LogP contribution in [0.4, 0.5) is 0 Å². The van der Waals surface area contributed by atoms with Crippen LogP contribution >= 0.6 is 0 Å². The number of carboxylic acids is 3. The van der Waals surface area contributed by atoms with E-state index in [1.165, 1.54) is 0 Å². The Labute approximate surface area is 238 Å². The third kappa shape index (κ3) is 12.8. The molecule has 0 aliphatic heterocycles. The van der Waals surface area contributed by atoms with Gasteiger partial charge in [-0.2, -0.15) is 0 Å². The summed E-state index contributed by atoms with van der Waals surface area (Å²) in [6.45, 7) is 0. The predicted octanol–water partition coefficient (Wildman–Crippen LogP) is -14.4. The number of carbonyl (C=O) groups is 3. The van der Waals surface area contributed by atoms with Crippen molar-refractivity contribution < 1.29 is 209 Å². The smallest absolute Gasteiger partial charge is 0.550 e. The van der Waals surface area contributed by atoms with E-state index in [0.29, 0.717) is 0 Å². The van der Waals surface area contributed by atoms with Crippen LogP contribution in [0.2, 0.25) is 0 Å². The van der Waals surface area contributed by atoms with Gasteiger partial charge in [-0.1, -0.05) is 0 Å². The van der Waals surface area contributed by atoms with Crippen molar-refractivity contribution in [2.24, 2.45) is 5.92 Å². The molecule has 0 radical (unpaired) electrons. The Kier molecular flexibility index (Phi) is 26.6. The quantitative estimate of drug-likeness (QED) is 0.443. The summed E-state index contributed by atoms with van der Waals surface area (Å²) in [5.41, 5.74) is 0. The Morgan fingerprint density at radius 1 is 0.938 bits per heavy atom. The number of hydrogen-bond donors (Lipinski definition) is 1. The van der Waals surface area contributed by atoms with Crippen molar-refractivity contribution in [1.82, 2.24) is 0 Å². The van der Waals surface area contributed by atoms with Gasteiger partial charge in [0.05, 0.1) is 5.97 Å². The molecule has 0 saturated carbocycles. The summed E-state index contributed by atoms with van der Waals surface area (Å²) in [7, 11) is 0. The van der Waals surface area contributed by atoms with E-state index in [4.69, 9.17) is 5.11 Å². The van der Waals surface area contributed by atoms with Crippen LogP contribution in [0.3, 0.4) is 0 Å². The van der Waals surface area contributed by atoms with E-state index in [0.717, 1.165) is 0 Å². The molecule has 0 saturated heterocycles. The molecule has 0 rings (SSSR count). The molecule has 0 heterocycles. The van der Waals surface area contributed by atoms with Crippen molar-refractivity contribution in [3.05, 3.63) is 0 Å². The van der Waals surface area contributed by atoms with Crippen molar-refractivity contribution in [1.29, 1.82) is 0 Å². The summed E-state index contributed by atoms with van der Waals surface area (Å²) in [5, 5.41) is 38.6. The fourth-order valence-electron chi connectivity index (χ4n) is 0.668. The molecule has 0 bridgehead atoms. The fraction of sp³-hybridized carbons (Fsp3) is 0.500. The van der Waals surface area contributed by atoms with E-state index in [2.05, 4.69) is 0 Å². The number of carboxylic acid groups (broad SMARTS) is 3. The molecule has 10 heteroatoms. The zero-order chi connectivity index (χ0) is 10.6. The Balaban J connectivity index is -0.000000240. The van der Waals surface area contributed by atoms with E-state index in [-0.39, 0.29) is 175 Å². The van der Waals surface area contributed by atoms with Gasteiger partial charge in [0.15, 0.2) is 0 Å². The largest absolute Gasteiger partial charge is 1.00 e. The zero-order valence-corrected chi connectivity index (χ0v) is 24.0. The predicted molar refractivity (Wildman–Crippen MR) is 29.1 cm³/mol. The molecule has 2 atom stereocenters. The van der Waals surface area contributed by atoms with E-state index in [1.54, 1.807) is 0 Å². The number of aliphatic hydroxyl groups excluding tert-OH is 1. The summed E-state index contributed by atoms with van der Waals surface area (Å²) in [5.74, 6) is -7.92. The van der Waals surface area contributed by atoms with Crippen LogP contribution in [0, 0.1) is 5.92 Å². The number of carbonyl (C=O) groups excluding carboxylic acids is 3. The number of hydrogen-bond acceptors (Lipinski definition) is 7. The van der Waals surface area contributed by atoms with Gasteiger partial charge < -0.3 is 34.8 Å². The van der Waals surface area contributed by atoms with E-state index in [9.17, 15) is 29.7 Å². The van der Waals surface area contributed by atoms with Crippen LogP contribution in [0.25, 0.3) is 0 Å². The first-order valence-electron chi connectivity index (χ1n) is 3.16. The molecule has 0 aromatic heterocycles. The molecule has 0 aromatic carbocycles. The van der Waals surface area contributed by atoms with Gasteiger partial charge in [-0.25, -0.2) is 0 Å². The minimum Gasteiger partial charge on any atom is -0.550 e. The molecule has 0 spiro atoms. The van der Waals surface area contributed by atoms with Crippen LogP contribution in [0.1, 0.15) is 6.42 Å². The first-order chi connectivity index (χ1) is 5.86. The Morgan fingerprint density at radius 2 is 1.31 bits per heavy atom. The van der Waals surface area contributed by atoms with Gasteiger partial charge in [0.1, 0.15) is 6.10 Å². The second-order valence-corrected chi connectivity index (χ2v) is 2.27. The van der Waals surface area contributed by atoms with Crippen molar-refractivity contribution in [3.63, 3.8) is 0 Å². The van der Waals surface area contributed by atoms with E-state index < -0.39 is 36.4 Å². The summed E-state index contributed by atoms with van der Waals surface area (Å²) in [6, 6.07) is 0. The van der Waals surface area contributed by atoms with Crippen molar-refractivity contribution >= 4 is 17.9 Å². The Morgan fingerprint density at radius 3 is 1.50 bits per heavy atom. The van der Waals surface area contributed by atoms with Gasteiger partial charge in [-0.15, -0.1) is 0 Å². The monoisotopic (exact) mass is 444 g/mol. The summed E-state index contributed by atoms with van der Waals surface area (Å²) >= 11 is 0. The normalized spacial score (nSPS) is 11.8. The van der Waals surface area contributed by atoms with Gasteiger partial charge in [-0.05, 0) is 6.42 Å². The van der Waals surface area contributed by atoms with Gasteiger partial charge in [0, 0.05) is 17.9 Å². The molecular formula is C6H5O7Rb3. The van der Waals surface area contributed by atoms with Crippen LogP contribution in [-0.2, 0) is 14.4 Å². The Bertz CT molecular complexity index is 244. The standard InChI is InChI=1S/C6H8O7.3Rb/c7-3(8)1-2(5(10)11)4(9)6(12)13;;;/h2,4,9H,1H2,(H,7,8)(H,10,11)(H,12,13);;;/q;3*+1/p-3. The molecular weight excluding hydrogens is 440 g/mol. The molecule has 0 aliphatic rings. The number of aliphatic hydroxyl groups is 1. The maximum absolute atomic E-state index is 10.1. The molecule has 16 heavy (non-hydrogen) atoms. The molecule has 0 fully saturated rings. The third-order valence-corrected chi connectivity index (χ3v) is 1.31. The first kappa shape index (κ1) is 28.0. The van der Waals surface area contributed by atoms with Crippen LogP contribution in [-0.4, -0.2) is 29.1 Å². The minimum absolute atomic E-state index is 0. The second kappa shape index (κ2) is 15.2. The average molecular weight is 446 g/mol. The number of rotatable bonds is 5. The fourth-order valence-corrected chi connectivity index (χ4v) is 0.668. The summed E-state index contributed by atoms with van der Waals surface area (Å²) in [4.78, 5) is 30.0. The molecule has 2 unspecified atom stereocenters. The van der Waals surface area contributed by atoms with Crippen molar-refractivity contribution in [2.75, 3.05) is 0 Å². The van der Waals surface area contributed by atoms with Gasteiger partial charge >= 0.3 is 175 Å². The average Bonchev–Trinajstić information content (AvgIpc) is 1.97. The van der Waals surface area contributed by atoms with Crippen LogP contribution in [0.5, 0.6) is 0 Å². The molecule has 74 valence electrons. The number of aliphatic carboxylic acids is 3. The van der Waals surface area contributed by atoms with Gasteiger partial charge in [0.25, 0.3) is 0 Å². The third-order valence-electron chi connectivity index (χ3n) is 1.31. The van der Waals surface area contributed by atoms with Crippen LogP contribution in [0.15, 0.2) is 0 Å². The minimum atomic E-state index is -2.41. The van der Waals surface area contributed by atoms with E-state index >= 15 is 0 Å². The molecule has 7 nitrogen and oxygen atoms in total. The molecule has 0 amide bonds. The summed E-state index contributed by atoms with van der Waals surface area (Å²) < 4.78 is 0. The Hall–Kier alpha value is 3.79. The topological polar surface area (TPSA) is 141 Å². The molecule has 0 aliphatic carbocycles. The SMILES string of the molecule is O=C([O-])CC(C(=O)[O-])C(O)C(=O)[O-].[Rb+].[Rb+].[Rb+]. The van der Waals surface area contributed by atoms with E-state index in [1.807, 2.05) is 0 Å². The molecule has 1 N–H and O–H groups in total. The van der Waals surface area contributed by atoms with Gasteiger partial charge in [-0.3, -0.25) is 0 Å².